The van der Waals surface area contributed by atoms with Crippen LogP contribution in [0.2, 0.25) is 0 Å². The summed E-state index contributed by atoms with van der Waals surface area (Å²) in [5, 5.41) is 12.5. The van der Waals surface area contributed by atoms with Gasteiger partial charge in [0.2, 0.25) is 0 Å². The molecular weight excluding hydrogens is 150 g/mol. The maximum atomic E-state index is 8.89. The fourth-order valence-electron chi connectivity index (χ4n) is 1.43. The maximum Gasteiger partial charge on any atom is 0.0446 e. The van der Waals surface area contributed by atoms with Crippen LogP contribution in [0.1, 0.15) is 40.0 Å². The van der Waals surface area contributed by atoms with Gasteiger partial charge in [0.1, 0.15) is 0 Å². The van der Waals surface area contributed by atoms with Crippen molar-refractivity contribution in [1.82, 2.24) is 5.32 Å². The molecule has 0 heterocycles. The Bertz CT molecular complexity index is 135. The highest BCUT2D eigenvalue weighted by atomic mass is 16.3. The first-order valence-corrected chi connectivity index (χ1v) is 4.91. The van der Waals surface area contributed by atoms with E-state index in [1.165, 1.54) is 12.8 Å². The molecule has 0 radical (unpaired) electrons. The highest BCUT2D eigenvalue weighted by Crippen LogP contribution is 2.27. The summed E-state index contributed by atoms with van der Waals surface area (Å²) in [6.45, 7) is 6.97. The molecule has 1 aliphatic carbocycles. The van der Waals surface area contributed by atoms with Gasteiger partial charge in [0.25, 0.3) is 0 Å². The third kappa shape index (κ3) is 3.11. The Hall–Kier alpha value is -0.0800. The smallest absolute Gasteiger partial charge is 0.0446 e. The van der Waals surface area contributed by atoms with E-state index in [1.54, 1.807) is 0 Å². The summed E-state index contributed by atoms with van der Waals surface area (Å²) in [4.78, 5) is 0. The van der Waals surface area contributed by atoms with E-state index in [4.69, 9.17) is 5.11 Å². The molecule has 0 saturated heterocycles. The quantitative estimate of drug-likeness (QED) is 0.672. The van der Waals surface area contributed by atoms with Gasteiger partial charge in [0.15, 0.2) is 0 Å². The lowest BCUT2D eigenvalue weighted by Crippen LogP contribution is -2.42. The Morgan fingerprint density at radius 2 is 2.00 bits per heavy atom. The molecule has 0 aromatic carbocycles. The van der Waals surface area contributed by atoms with Gasteiger partial charge in [0.05, 0.1) is 0 Å². The molecule has 2 heteroatoms. The zero-order valence-electron chi connectivity index (χ0n) is 8.43. The number of aliphatic hydroxyl groups excluding tert-OH is 1. The van der Waals surface area contributed by atoms with Crippen molar-refractivity contribution in [3.8, 4) is 0 Å². The first kappa shape index (κ1) is 10.0. The van der Waals surface area contributed by atoms with E-state index in [1.807, 2.05) is 0 Å². The highest BCUT2D eigenvalue weighted by Gasteiger charge is 2.30. The summed E-state index contributed by atoms with van der Waals surface area (Å²) in [6, 6.07) is 1.20. The lowest BCUT2D eigenvalue weighted by atomic mass is 9.85. The van der Waals surface area contributed by atoms with Crippen molar-refractivity contribution >= 4 is 0 Å². The summed E-state index contributed by atoms with van der Waals surface area (Å²) >= 11 is 0. The van der Waals surface area contributed by atoms with Gasteiger partial charge in [-0.3, -0.25) is 0 Å². The second kappa shape index (κ2) is 3.75. The summed E-state index contributed by atoms with van der Waals surface area (Å²) in [6.07, 6.45) is 3.51. The first-order valence-electron chi connectivity index (χ1n) is 4.91. The van der Waals surface area contributed by atoms with Gasteiger partial charge < -0.3 is 10.4 Å². The van der Waals surface area contributed by atoms with Crippen LogP contribution in [0.4, 0.5) is 0 Å². The molecular formula is C10H21NO. The van der Waals surface area contributed by atoms with Crippen molar-refractivity contribution in [2.45, 2.75) is 52.1 Å². The Labute approximate surface area is 75.4 Å². The van der Waals surface area contributed by atoms with E-state index >= 15 is 0 Å². The van der Waals surface area contributed by atoms with Crippen LogP contribution in [0.15, 0.2) is 0 Å². The Morgan fingerprint density at radius 3 is 2.33 bits per heavy atom. The fraction of sp³-hybridized carbons (Fsp3) is 1.00. The number of rotatable bonds is 4. The molecule has 0 aromatic heterocycles. The van der Waals surface area contributed by atoms with Gasteiger partial charge in [-0.1, -0.05) is 20.8 Å². The summed E-state index contributed by atoms with van der Waals surface area (Å²) < 4.78 is 0. The number of aliphatic hydroxyl groups is 1. The Kier molecular flexibility index (Phi) is 3.13. The van der Waals surface area contributed by atoms with Crippen LogP contribution in [-0.4, -0.2) is 23.8 Å². The summed E-state index contributed by atoms with van der Waals surface area (Å²) in [5.41, 5.74) is 0.269. The van der Waals surface area contributed by atoms with E-state index in [0.29, 0.717) is 12.6 Å². The first-order chi connectivity index (χ1) is 5.54. The fourth-order valence-corrected chi connectivity index (χ4v) is 1.43. The van der Waals surface area contributed by atoms with E-state index < -0.39 is 0 Å². The van der Waals surface area contributed by atoms with E-state index in [-0.39, 0.29) is 5.41 Å². The zero-order chi connectivity index (χ0) is 9.19. The zero-order valence-corrected chi connectivity index (χ0v) is 8.43. The van der Waals surface area contributed by atoms with Gasteiger partial charge in [-0.2, -0.15) is 0 Å². The molecule has 0 bridgehead atoms. The third-order valence-electron chi connectivity index (χ3n) is 2.48. The lowest BCUT2D eigenvalue weighted by Gasteiger charge is -2.31. The van der Waals surface area contributed by atoms with Gasteiger partial charge in [0, 0.05) is 18.7 Å². The number of hydrogen-bond acceptors (Lipinski definition) is 2. The standard InChI is InChI=1S/C10H21NO/c1-10(2,3)9(6-7-12)11-8-4-5-8/h8-9,11-12H,4-7H2,1-3H3. The van der Waals surface area contributed by atoms with Gasteiger partial charge in [-0.05, 0) is 24.7 Å². The third-order valence-corrected chi connectivity index (χ3v) is 2.48. The van der Waals surface area contributed by atoms with Crippen molar-refractivity contribution in [2.75, 3.05) is 6.61 Å². The minimum Gasteiger partial charge on any atom is -0.396 e. The topological polar surface area (TPSA) is 32.3 Å². The van der Waals surface area contributed by atoms with Gasteiger partial charge >= 0.3 is 0 Å². The SMILES string of the molecule is CC(C)(C)C(CCO)NC1CC1. The van der Waals surface area contributed by atoms with Crippen molar-refractivity contribution < 1.29 is 5.11 Å². The number of hydrogen-bond donors (Lipinski definition) is 2. The van der Waals surface area contributed by atoms with Crippen LogP contribution in [0.3, 0.4) is 0 Å². The molecule has 72 valence electrons. The Morgan fingerprint density at radius 1 is 1.42 bits per heavy atom. The second-order valence-electron chi connectivity index (χ2n) is 4.87. The average Bonchev–Trinajstić information content (AvgIpc) is 2.68. The molecule has 0 amide bonds. The van der Waals surface area contributed by atoms with E-state index in [9.17, 15) is 0 Å². The summed E-state index contributed by atoms with van der Waals surface area (Å²) in [5.74, 6) is 0. The Balaban J connectivity index is 2.35. The van der Waals surface area contributed by atoms with E-state index in [2.05, 4.69) is 26.1 Å². The van der Waals surface area contributed by atoms with Crippen LogP contribution < -0.4 is 5.32 Å². The van der Waals surface area contributed by atoms with Crippen molar-refractivity contribution in [1.29, 1.82) is 0 Å². The molecule has 1 saturated carbocycles. The minimum atomic E-state index is 0.269. The predicted octanol–water partition coefficient (Wildman–Crippen LogP) is 1.54. The minimum absolute atomic E-state index is 0.269. The predicted molar refractivity (Wildman–Crippen MR) is 51.1 cm³/mol. The molecule has 0 spiro atoms. The van der Waals surface area contributed by atoms with Crippen molar-refractivity contribution in [2.24, 2.45) is 5.41 Å². The molecule has 1 fully saturated rings. The van der Waals surface area contributed by atoms with Crippen LogP contribution in [-0.2, 0) is 0 Å². The van der Waals surface area contributed by atoms with Crippen molar-refractivity contribution in [3.63, 3.8) is 0 Å². The molecule has 1 aliphatic rings. The molecule has 1 unspecified atom stereocenters. The van der Waals surface area contributed by atoms with Crippen LogP contribution >= 0.6 is 0 Å². The van der Waals surface area contributed by atoms with Gasteiger partial charge in [-0.15, -0.1) is 0 Å². The lowest BCUT2D eigenvalue weighted by molar-refractivity contribution is 0.196. The molecule has 1 atom stereocenters. The van der Waals surface area contributed by atoms with Gasteiger partial charge in [-0.25, -0.2) is 0 Å². The molecule has 0 aliphatic heterocycles. The highest BCUT2D eigenvalue weighted by molar-refractivity contribution is 4.89. The van der Waals surface area contributed by atoms with E-state index in [0.717, 1.165) is 12.5 Å². The van der Waals surface area contributed by atoms with Crippen LogP contribution in [0.25, 0.3) is 0 Å². The summed E-state index contributed by atoms with van der Waals surface area (Å²) in [7, 11) is 0. The molecule has 2 N–H and O–H groups in total. The largest absolute Gasteiger partial charge is 0.396 e. The van der Waals surface area contributed by atoms with Crippen LogP contribution in [0, 0.1) is 5.41 Å². The second-order valence-corrected chi connectivity index (χ2v) is 4.87. The molecule has 12 heavy (non-hydrogen) atoms. The molecule has 2 nitrogen and oxygen atoms in total. The van der Waals surface area contributed by atoms with Crippen molar-refractivity contribution in [3.05, 3.63) is 0 Å². The number of nitrogens with one attached hydrogen (secondary N) is 1. The maximum absolute atomic E-state index is 8.89. The van der Waals surface area contributed by atoms with Crippen LogP contribution in [0.5, 0.6) is 0 Å². The normalized spacial score (nSPS) is 21.0. The monoisotopic (exact) mass is 171 g/mol. The molecule has 0 aromatic rings. The molecule has 1 rings (SSSR count). The average molecular weight is 171 g/mol.